The summed E-state index contributed by atoms with van der Waals surface area (Å²) in [6.45, 7) is 5.01. The molecule has 0 amide bonds. The molecule has 116 valence electrons. The summed E-state index contributed by atoms with van der Waals surface area (Å²) in [5.41, 5.74) is 1.98. The van der Waals surface area contributed by atoms with E-state index in [1.54, 1.807) is 0 Å². The summed E-state index contributed by atoms with van der Waals surface area (Å²) in [6, 6.07) is 10.7. The van der Waals surface area contributed by atoms with Gasteiger partial charge in [-0.15, -0.1) is 0 Å². The van der Waals surface area contributed by atoms with Gasteiger partial charge in [-0.1, -0.05) is 0 Å². The molecule has 1 nitrogen and oxygen atoms in total. The first-order valence-electron chi connectivity index (χ1n) is 8.28. The Kier molecular flexibility index (Phi) is 4.78. The Morgan fingerprint density at radius 1 is 1.24 bits per heavy atom. The summed E-state index contributed by atoms with van der Waals surface area (Å²) >= 11 is 0.708. The van der Waals surface area contributed by atoms with Crippen LogP contribution in [0.5, 0.6) is 0 Å². The van der Waals surface area contributed by atoms with E-state index in [9.17, 15) is 0 Å². The molecular formula is C19H28OSe. The van der Waals surface area contributed by atoms with Gasteiger partial charge in [0.1, 0.15) is 0 Å². The zero-order valence-electron chi connectivity index (χ0n) is 13.5. The van der Waals surface area contributed by atoms with Gasteiger partial charge in [-0.2, -0.15) is 0 Å². The van der Waals surface area contributed by atoms with Crippen LogP contribution in [-0.2, 0) is 4.74 Å². The maximum absolute atomic E-state index is 5.72. The van der Waals surface area contributed by atoms with Crippen LogP contribution >= 0.6 is 0 Å². The molecule has 4 atom stereocenters. The fraction of sp³-hybridized carbons (Fsp3) is 0.684. The number of benzene rings is 1. The summed E-state index contributed by atoms with van der Waals surface area (Å²) in [7, 11) is 1.86. The zero-order chi connectivity index (χ0) is 14.9. The van der Waals surface area contributed by atoms with Gasteiger partial charge < -0.3 is 0 Å². The van der Waals surface area contributed by atoms with Crippen molar-refractivity contribution >= 4 is 15.0 Å². The Balaban J connectivity index is 1.49. The molecular weight excluding hydrogens is 323 g/mol. The molecule has 3 saturated carbocycles. The van der Waals surface area contributed by atoms with Crippen LogP contribution in [0, 0.1) is 23.2 Å². The van der Waals surface area contributed by atoms with Crippen LogP contribution in [0.4, 0.5) is 0 Å². The van der Waals surface area contributed by atoms with Gasteiger partial charge in [-0.3, -0.25) is 0 Å². The van der Waals surface area contributed by atoms with E-state index in [1.807, 2.05) is 7.11 Å². The van der Waals surface area contributed by atoms with Gasteiger partial charge in [0.15, 0.2) is 0 Å². The van der Waals surface area contributed by atoms with Crippen molar-refractivity contribution in [2.45, 2.75) is 49.9 Å². The first kappa shape index (κ1) is 15.6. The molecule has 0 saturated heterocycles. The molecule has 21 heavy (non-hydrogen) atoms. The second-order valence-corrected chi connectivity index (χ2v) is 9.63. The monoisotopic (exact) mass is 352 g/mol. The molecule has 1 aromatic rings. The van der Waals surface area contributed by atoms with Gasteiger partial charge >= 0.3 is 136 Å². The molecule has 0 aromatic heterocycles. The average Bonchev–Trinajstić information content (AvgIpc) is 2.52. The maximum atomic E-state index is 5.72. The van der Waals surface area contributed by atoms with Crippen LogP contribution in [0.15, 0.2) is 30.3 Å². The van der Waals surface area contributed by atoms with E-state index >= 15 is 0 Å². The molecule has 0 spiro atoms. The van der Waals surface area contributed by atoms with Crippen LogP contribution < -0.4 is 0 Å². The second kappa shape index (κ2) is 6.44. The van der Waals surface area contributed by atoms with Crippen molar-refractivity contribution in [1.82, 2.24) is 0 Å². The number of fused-ring (bicyclic) bond motifs is 2. The fourth-order valence-corrected chi connectivity index (χ4v) is 7.35. The van der Waals surface area contributed by atoms with E-state index in [0.29, 0.717) is 26.5 Å². The first-order valence-corrected chi connectivity index (χ1v) is 10.7. The molecule has 2 bridgehead atoms. The van der Waals surface area contributed by atoms with E-state index in [1.165, 1.54) is 35.5 Å². The molecule has 1 aromatic carbocycles. The van der Waals surface area contributed by atoms with E-state index < -0.39 is 0 Å². The third-order valence-electron chi connectivity index (χ3n) is 6.06. The molecule has 2 heteroatoms. The SMILES string of the molecule is COC(C[Se]C[C@@H]1CC[C@H]2C[C@@H]1C2(C)C)c1ccccc1. The predicted molar refractivity (Wildman–Crippen MR) is 89.7 cm³/mol. The number of ether oxygens (including phenoxy) is 1. The Hall–Kier alpha value is -0.301. The summed E-state index contributed by atoms with van der Waals surface area (Å²) in [5, 5.41) is 2.68. The Morgan fingerprint density at radius 2 is 2.00 bits per heavy atom. The third-order valence-corrected chi connectivity index (χ3v) is 8.58. The molecule has 3 aliphatic carbocycles. The standard InChI is InChI=1S/C19H28OSe/c1-19(2)16-10-9-15(17(19)11-16)12-21-13-18(20-3)14-7-5-4-6-8-14/h4-8,15-18H,9-13H2,1-3H3/t15-,16-,17-,18?/m0/s1. The number of hydrogen-bond donors (Lipinski definition) is 0. The Labute approximate surface area is 136 Å². The van der Waals surface area contributed by atoms with Crippen LogP contribution in [0.3, 0.4) is 0 Å². The third kappa shape index (κ3) is 3.09. The minimum absolute atomic E-state index is 0.303. The first-order chi connectivity index (χ1) is 10.1. The molecule has 0 radical (unpaired) electrons. The van der Waals surface area contributed by atoms with Crippen LogP contribution in [-0.4, -0.2) is 22.1 Å². The Morgan fingerprint density at radius 3 is 2.62 bits per heavy atom. The van der Waals surface area contributed by atoms with Crippen molar-refractivity contribution in [3.63, 3.8) is 0 Å². The quantitative estimate of drug-likeness (QED) is 0.656. The van der Waals surface area contributed by atoms with Crippen molar-refractivity contribution in [3.8, 4) is 0 Å². The topological polar surface area (TPSA) is 9.23 Å². The molecule has 0 aliphatic heterocycles. The van der Waals surface area contributed by atoms with E-state index in [2.05, 4.69) is 44.2 Å². The van der Waals surface area contributed by atoms with Crippen LogP contribution in [0.2, 0.25) is 10.6 Å². The van der Waals surface area contributed by atoms with Crippen molar-refractivity contribution < 1.29 is 4.74 Å². The van der Waals surface area contributed by atoms with Crippen LogP contribution in [0.1, 0.15) is 44.8 Å². The van der Waals surface area contributed by atoms with Crippen molar-refractivity contribution in [1.29, 1.82) is 0 Å². The Bertz CT molecular complexity index is 454. The minimum atomic E-state index is 0.303. The number of rotatable bonds is 6. The van der Waals surface area contributed by atoms with Gasteiger partial charge in [0.05, 0.1) is 0 Å². The van der Waals surface area contributed by atoms with Gasteiger partial charge in [-0.05, 0) is 0 Å². The normalized spacial score (nSPS) is 31.5. The van der Waals surface area contributed by atoms with Crippen molar-refractivity contribution in [2.24, 2.45) is 23.2 Å². The molecule has 3 fully saturated rings. The van der Waals surface area contributed by atoms with Crippen LogP contribution in [0.25, 0.3) is 0 Å². The van der Waals surface area contributed by atoms with Gasteiger partial charge in [-0.25, -0.2) is 0 Å². The average molecular weight is 351 g/mol. The molecule has 0 heterocycles. The van der Waals surface area contributed by atoms with Gasteiger partial charge in [0.25, 0.3) is 0 Å². The van der Waals surface area contributed by atoms with E-state index in [-0.39, 0.29) is 0 Å². The van der Waals surface area contributed by atoms with Gasteiger partial charge in [0.2, 0.25) is 0 Å². The number of methoxy groups -OCH3 is 1. The molecule has 3 aliphatic rings. The molecule has 0 N–H and O–H groups in total. The van der Waals surface area contributed by atoms with Crippen molar-refractivity contribution in [3.05, 3.63) is 35.9 Å². The number of hydrogen-bond acceptors (Lipinski definition) is 1. The predicted octanol–water partition coefficient (Wildman–Crippen LogP) is 4.99. The summed E-state index contributed by atoms with van der Waals surface area (Å²) in [4.78, 5) is 0. The summed E-state index contributed by atoms with van der Waals surface area (Å²) < 4.78 is 5.72. The summed E-state index contributed by atoms with van der Waals surface area (Å²) in [6.07, 6.45) is 4.79. The fourth-order valence-electron chi connectivity index (χ4n) is 4.46. The van der Waals surface area contributed by atoms with E-state index in [0.717, 1.165) is 17.8 Å². The van der Waals surface area contributed by atoms with Gasteiger partial charge in [0, 0.05) is 0 Å². The molecule has 4 rings (SSSR count). The molecule has 1 unspecified atom stereocenters. The van der Waals surface area contributed by atoms with Crippen molar-refractivity contribution in [2.75, 3.05) is 7.11 Å². The van der Waals surface area contributed by atoms with E-state index in [4.69, 9.17) is 4.74 Å². The zero-order valence-corrected chi connectivity index (χ0v) is 15.3. The summed E-state index contributed by atoms with van der Waals surface area (Å²) in [5.74, 6) is 3.04. The second-order valence-electron chi connectivity index (χ2n) is 7.37.